The first-order chi connectivity index (χ1) is 17.0. The van der Waals surface area contributed by atoms with Crippen LogP contribution < -0.4 is 14.8 Å². The van der Waals surface area contributed by atoms with Gasteiger partial charge in [-0.1, -0.05) is 18.2 Å². The molecule has 1 atom stereocenters. The summed E-state index contributed by atoms with van der Waals surface area (Å²) in [6.45, 7) is 2.46. The SMILES string of the molecule is COc1cccc(C(=O)NC(C(=O)N2CCCC2)C2CCN(C(=O)c3ccccc3OC)CC2)c1. The minimum absolute atomic E-state index is 0.0340. The van der Waals surface area contributed by atoms with Crippen molar-refractivity contribution in [2.45, 2.75) is 31.7 Å². The summed E-state index contributed by atoms with van der Waals surface area (Å²) < 4.78 is 10.6. The predicted molar refractivity (Wildman–Crippen MR) is 132 cm³/mol. The molecular formula is C27H33N3O5. The second kappa shape index (κ2) is 11.3. The summed E-state index contributed by atoms with van der Waals surface area (Å²) in [6, 6.07) is 13.5. The fraction of sp³-hybridized carbons (Fsp3) is 0.444. The second-order valence-electron chi connectivity index (χ2n) is 9.05. The van der Waals surface area contributed by atoms with E-state index in [0.29, 0.717) is 48.6 Å². The molecule has 0 spiro atoms. The second-order valence-corrected chi connectivity index (χ2v) is 9.05. The Bertz CT molecular complexity index is 1060. The van der Waals surface area contributed by atoms with Crippen LogP contribution in [0.15, 0.2) is 48.5 Å². The van der Waals surface area contributed by atoms with Crippen molar-refractivity contribution in [3.63, 3.8) is 0 Å². The molecule has 0 aromatic heterocycles. The Balaban J connectivity index is 1.47. The normalized spacial score (nSPS) is 17.1. The standard InChI is InChI=1S/C27H33N3O5/c1-34-21-9-7-8-20(18-21)25(31)28-24(27(33)29-14-5-6-15-29)19-12-16-30(17-13-19)26(32)22-10-3-4-11-23(22)35-2/h3-4,7-11,18-19,24H,5-6,12-17H2,1-2H3,(H,28,31). The highest BCUT2D eigenvalue weighted by Crippen LogP contribution is 2.27. The van der Waals surface area contributed by atoms with Crippen molar-refractivity contribution >= 4 is 17.7 Å². The van der Waals surface area contributed by atoms with Crippen LogP contribution in [0.1, 0.15) is 46.4 Å². The van der Waals surface area contributed by atoms with Gasteiger partial charge < -0.3 is 24.6 Å². The van der Waals surface area contributed by atoms with Crippen molar-refractivity contribution in [1.82, 2.24) is 15.1 Å². The average molecular weight is 480 g/mol. The quantitative estimate of drug-likeness (QED) is 0.660. The van der Waals surface area contributed by atoms with Gasteiger partial charge in [-0.2, -0.15) is 0 Å². The number of piperidine rings is 1. The van der Waals surface area contributed by atoms with Gasteiger partial charge in [0.2, 0.25) is 5.91 Å². The number of nitrogens with zero attached hydrogens (tertiary/aromatic N) is 2. The van der Waals surface area contributed by atoms with E-state index < -0.39 is 6.04 Å². The van der Waals surface area contributed by atoms with Crippen molar-refractivity contribution in [2.24, 2.45) is 5.92 Å². The smallest absolute Gasteiger partial charge is 0.257 e. The Hall–Kier alpha value is -3.55. The van der Waals surface area contributed by atoms with Crippen LogP contribution >= 0.6 is 0 Å². The van der Waals surface area contributed by atoms with Gasteiger partial charge in [-0.3, -0.25) is 14.4 Å². The van der Waals surface area contributed by atoms with E-state index in [-0.39, 0.29) is 23.6 Å². The van der Waals surface area contributed by atoms with Crippen LogP contribution in [-0.2, 0) is 4.79 Å². The number of nitrogens with one attached hydrogen (secondary N) is 1. The zero-order valence-corrected chi connectivity index (χ0v) is 20.4. The molecule has 0 bridgehead atoms. The minimum Gasteiger partial charge on any atom is -0.497 e. The summed E-state index contributed by atoms with van der Waals surface area (Å²) in [6.07, 6.45) is 3.22. The van der Waals surface area contributed by atoms with E-state index in [0.717, 1.165) is 25.9 Å². The zero-order chi connectivity index (χ0) is 24.8. The number of hydrogen-bond acceptors (Lipinski definition) is 5. The lowest BCUT2D eigenvalue weighted by Gasteiger charge is -2.37. The van der Waals surface area contributed by atoms with Crippen molar-refractivity contribution < 1.29 is 23.9 Å². The van der Waals surface area contributed by atoms with Crippen LogP contribution in [0.4, 0.5) is 0 Å². The van der Waals surface area contributed by atoms with Crippen LogP contribution in [0, 0.1) is 5.92 Å². The average Bonchev–Trinajstić information content (AvgIpc) is 3.46. The topological polar surface area (TPSA) is 88.2 Å². The molecule has 0 aliphatic carbocycles. The molecular weight excluding hydrogens is 446 g/mol. The van der Waals surface area contributed by atoms with Crippen molar-refractivity contribution in [3.8, 4) is 11.5 Å². The van der Waals surface area contributed by atoms with Crippen LogP contribution in [0.3, 0.4) is 0 Å². The molecule has 2 aliphatic heterocycles. The third-order valence-corrected chi connectivity index (χ3v) is 6.94. The van der Waals surface area contributed by atoms with E-state index in [9.17, 15) is 14.4 Å². The molecule has 35 heavy (non-hydrogen) atoms. The molecule has 8 heteroatoms. The lowest BCUT2D eigenvalue weighted by Crippen LogP contribution is -2.54. The highest BCUT2D eigenvalue weighted by atomic mass is 16.5. The Morgan fingerprint density at radius 2 is 1.60 bits per heavy atom. The molecule has 3 amide bonds. The van der Waals surface area contributed by atoms with Crippen LogP contribution in [-0.4, -0.2) is 74.0 Å². The summed E-state index contributed by atoms with van der Waals surface area (Å²) in [5, 5.41) is 3.02. The van der Waals surface area contributed by atoms with Gasteiger partial charge in [-0.25, -0.2) is 0 Å². The molecule has 2 fully saturated rings. The van der Waals surface area contributed by atoms with Crippen LogP contribution in [0.25, 0.3) is 0 Å². The Kier molecular flexibility index (Phi) is 7.90. The number of carbonyl (C=O) groups excluding carboxylic acids is 3. The summed E-state index contributed by atoms with van der Waals surface area (Å²) in [4.78, 5) is 43.3. The van der Waals surface area contributed by atoms with E-state index in [1.54, 1.807) is 55.5 Å². The molecule has 2 aromatic carbocycles. The van der Waals surface area contributed by atoms with E-state index in [2.05, 4.69) is 5.32 Å². The van der Waals surface area contributed by atoms with Gasteiger partial charge >= 0.3 is 0 Å². The minimum atomic E-state index is -0.629. The third kappa shape index (κ3) is 5.58. The summed E-state index contributed by atoms with van der Waals surface area (Å²) in [5.74, 6) is 0.667. The molecule has 2 saturated heterocycles. The van der Waals surface area contributed by atoms with E-state index in [1.807, 2.05) is 17.0 Å². The largest absolute Gasteiger partial charge is 0.497 e. The van der Waals surface area contributed by atoms with Gasteiger partial charge in [0, 0.05) is 31.7 Å². The Morgan fingerprint density at radius 1 is 0.886 bits per heavy atom. The van der Waals surface area contributed by atoms with Gasteiger partial charge in [0.05, 0.1) is 19.8 Å². The van der Waals surface area contributed by atoms with Crippen LogP contribution in [0.2, 0.25) is 0 Å². The van der Waals surface area contributed by atoms with Crippen LogP contribution in [0.5, 0.6) is 11.5 Å². The number of carbonyl (C=O) groups is 3. The number of para-hydroxylation sites is 1. The predicted octanol–water partition coefficient (Wildman–Crippen LogP) is 2.98. The first-order valence-corrected chi connectivity index (χ1v) is 12.2. The van der Waals surface area contributed by atoms with E-state index >= 15 is 0 Å². The maximum absolute atomic E-state index is 13.4. The number of hydrogen-bond donors (Lipinski definition) is 1. The first kappa shape index (κ1) is 24.6. The molecule has 0 saturated carbocycles. The Labute approximate surface area is 206 Å². The number of methoxy groups -OCH3 is 2. The summed E-state index contributed by atoms with van der Waals surface area (Å²) in [7, 11) is 3.11. The number of likely N-dealkylation sites (tertiary alicyclic amines) is 2. The molecule has 186 valence electrons. The maximum atomic E-state index is 13.4. The fourth-order valence-electron chi connectivity index (χ4n) is 4.93. The van der Waals surface area contributed by atoms with Gasteiger partial charge in [-0.05, 0) is 61.9 Å². The summed E-state index contributed by atoms with van der Waals surface area (Å²) in [5.41, 5.74) is 0.983. The molecule has 2 heterocycles. The van der Waals surface area contributed by atoms with Crippen molar-refractivity contribution in [3.05, 3.63) is 59.7 Å². The maximum Gasteiger partial charge on any atom is 0.257 e. The van der Waals surface area contributed by atoms with Crippen molar-refractivity contribution in [1.29, 1.82) is 0 Å². The molecule has 1 unspecified atom stereocenters. The molecule has 0 radical (unpaired) electrons. The van der Waals surface area contributed by atoms with Gasteiger partial charge in [0.15, 0.2) is 0 Å². The molecule has 2 aliphatic rings. The summed E-state index contributed by atoms with van der Waals surface area (Å²) >= 11 is 0. The molecule has 1 N–H and O–H groups in total. The number of benzene rings is 2. The highest BCUT2D eigenvalue weighted by Gasteiger charge is 2.37. The van der Waals surface area contributed by atoms with E-state index in [4.69, 9.17) is 9.47 Å². The lowest BCUT2D eigenvalue weighted by molar-refractivity contribution is -0.134. The third-order valence-electron chi connectivity index (χ3n) is 6.94. The van der Waals surface area contributed by atoms with Gasteiger partial charge in [-0.15, -0.1) is 0 Å². The van der Waals surface area contributed by atoms with Gasteiger partial charge in [0.1, 0.15) is 17.5 Å². The number of ether oxygens (including phenoxy) is 2. The zero-order valence-electron chi connectivity index (χ0n) is 20.4. The van der Waals surface area contributed by atoms with Crippen molar-refractivity contribution in [2.75, 3.05) is 40.4 Å². The number of rotatable bonds is 7. The monoisotopic (exact) mass is 479 g/mol. The van der Waals surface area contributed by atoms with Gasteiger partial charge in [0.25, 0.3) is 11.8 Å². The number of amides is 3. The molecule has 4 rings (SSSR count). The fourth-order valence-corrected chi connectivity index (χ4v) is 4.93. The lowest BCUT2D eigenvalue weighted by atomic mass is 9.88. The Morgan fingerprint density at radius 3 is 2.29 bits per heavy atom. The highest BCUT2D eigenvalue weighted by molar-refractivity contribution is 5.98. The first-order valence-electron chi connectivity index (χ1n) is 12.2. The molecule has 8 nitrogen and oxygen atoms in total. The van der Waals surface area contributed by atoms with E-state index in [1.165, 1.54) is 0 Å². The molecule has 2 aromatic rings.